The van der Waals surface area contributed by atoms with E-state index in [1.165, 1.54) is 28.2 Å². The number of guanidine groups is 1. The standard InChI is InChI=1S/C18H22N4O2S/c1-13-4-7-15(17(10-13)25-3)12-21-18(19-2)20-11-14-5-8-16(9-6-14)22(23)24/h4-10H,11-12H2,1-3H3,(H2,19,20,21). The number of nitrogens with zero attached hydrogens (tertiary/aromatic N) is 2. The smallest absolute Gasteiger partial charge is 0.269 e. The zero-order chi connectivity index (χ0) is 18.2. The second-order valence-electron chi connectivity index (χ2n) is 5.52. The summed E-state index contributed by atoms with van der Waals surface area (Å²) in [7, 11) is 1.72. The van der Waals surface area contributed by atoms with E-state index in [4.69, 9.17) is 0 Å². The largest absolute Gasteiger partial charge is 0.352 e. The maximum atomic E-state index is 10.7. The van der Waals surface area contributed by atoms with Crippen molar-refractivity contribution >= 4 is 23.4 Å². The van der Waals surface area contributed by atoms with Crippen LogP contribution in [0.4, 0.5) is 5.69 Å². The van der Waals surface area contributed by atoms with E-state index in [-0.39, 0.29) is 5.69 Å². The van der Waals surface area contributed by atoms with Crippen molar-refractivity contribution in [1.29, 1.82) is 0 Å². The highest BCUT2D eigenvalue weighted by Gasteiger charge is 2.06. The lowest BCUT2D eigenvalue weighted by Crippen LogP contribution is -2.36. The summed E-state index contributed by atoms with van der Waals surface area (Å²) in [4.78, 5) is 15.7. The fourth-order valence-corrected chi connectivity index (χ4v) is 3.02. The Morgan fingerprint density at radius 1 is 1.16 bits per heavy atom. The first-order chi connectivity index (χ1) is 12.0. The van der Waals surface area contributed by atoms with Crippen molar-refractivity contribution in [2.24, 2.45) is 4.99 Å². The van der Waals surface area contributed by atoms with E-state index in [9.17, 15) is 10.1 Å². The highest BCUT2D eigenvalue weighted by molar-refractivity contribution is 7.98. The van der Waals surface area contributed by atoms with Gasteiger partial charge in [0.05, 0.1) is 4.92 Å². The van der Waals surface area contributed by atoms with Crippen LogP contribution in [0.25, 0.3) is 0 Å². The highest BCUT2D eigenvalue weighted by Crippen LogP contribution is 2.21. The molecule has 132 valence electrons. The molecule has 7 heteroatoms. The molecule has 0 heterocycles. The Kier molecular flexibility index (Phi) is 6.82. The Morgan fingerprint density at radius 3 is 2.44 bits per heavy atom. The molecule has 25 heavy (non-hydrogen) atoms. The molecule has 0 radical (unpaired) electrons. The number of nitro benzene ring substituents is 1. The van der Waals surface area contributed by atoms with Gasteiger partial charge in [-0.2, -0.15) is 0 Å². The zero-order valence-electron chi connectivity index (χ0n) is 14.6. The Bertz CT molecular complexity index is 760. The molecule has 0 atom stereocenters. The Hall–Kier alpha value is -2.54. The molecule has 2 aromatic rings. The monoisotopic (exact) mass is 358 g/mol. The van der Waals surface area contributed by atoms with Gasteiger partial charge in [0, 0.05) is 37.2 Å². The molecule has 0 unspecified atom stereocenters. The van der Waals surface area contributed by atoms with Crippen LogP contribution in [-0.2, 0) is 13.1 Å². The molecule has 0 fully saturated rings. The number of aryl methyl sites for hydroxylation is 1. The van der Waals surface area contributed by atoms with Gasteiger partial charge in [0.1, 0.15) is 0 Å². The zero-order valence-corrected chi connectivity index (χ0v) is 15.4. The lowest BCUT2D eigenvalue weighted by atomic mass is 10.1. The summed E-state index contributed by atoms with van der Waals surface area (Å²) in [5.74, 6) is 0.686. The van der Waals surface area contributed by atoms with Crippen LogP contribution in [0, 0.1) is 17.0 Å². The van der Waals surface area contributed by atoms with Crippen molar-refractivity contribution in [1.82, 2.24) is 10.6 Å². The van der Waals surface area contributed by atoms with Gasteiger partial charge in [-0.25, -0.2) is 0 Å². The Morgan fingerprint density at radius 2 is 1.84 bits per heavy atom. The van der Waals surface area contributed by atoms with Crippen molar-refractivity contribution in [2.45, 2.75) is 24.9 Å². The summed E-state index contributed by atoms with van der Waals surface area (Å²) >= 11 is 1.73. The summed E-state index contributed by atoms with van der Waals surface area (Å²) in [6.45, 7) is 3.30. The number of thioether (sulfide) groups is 1. The third-order valence-electron chi connectivity index (χ3n) is 3.72. The van der Waals surface area contributed by atoms with Gasteiger partial charge in [-0.15, -0.1) is 11.8 Å². The van der Waals surface area contributed by atoms with E-state index >= 15 is 0 Å². The molecule has 0 aliphatic rings. The molecular formula is C18H22N4O2S. The van der Waals surface area contributed by atoms with Crippen LogP contribution in [0.15, 0.2) is 52.4 Å². The maximum absolute atomic E-state index is 10.7. The van der Waals surface area contributed by atoms with Crippen LogP contribution in [0.3, 0.4) is 0 Å². The number of nitrogens with one attached hydrogen (secondary N) is 2. The van der Waals surface area contributed by atoms with Crippen molar-refractivity contribution in [3.8, 4) is 0 Å². The minimum Gasteiger partial charge on any atom is -0.352 e. The van der Waals surface area contributed by atoms with Crippen LogP contribution in [-0.4, -0.2) is 24.2 Å². The van der Waals surface area contributed by atoms with Crippen LogP contribution in [0.1, 0.15) is 16.7 Å². The van der Waals surface area contributed by atoms with Crippen molar-refractivity contribution in [2.75, 3.05) is 13.3 Å². The lowest BCUT2D eigenvalue weighted by Gasteiger charge is -2.14. The number of nitro groups is 1. The first kappa shape index (κ1) is 18.8. The van der Waals surface area contributed by atoms with Gasteiger partial charge in [-0.3, -0.25) is 15.1 Å². The molecule has 0 aromatic heterocycles. The molecule has 0 saturated carbocycles. The summed E-state index contributed by atoms with van der Waals surface area (Å²) in [5, 5.41) is 17.2. The second kappa shape index (κ2) is 9.08. The molecule has 0 saturated heterocycles. The summed E-state index contributed by atoms with van der Waals surface area (Å²) in [6, 6.07) is 12.9. The Balaban J connectivity index is 1.92. The average molecular weight is 358 g/mol. The van der Waals surface area contributed by atoms with Gasteiger partial charge in [0.2, 0.25) is 0 Å². The van der Waals surface area contributed by atoms with Gasteiger partial charge in [0.15, 0.2) is 5.96 Å². The maximum Gasteiger partial charge on any atom is 0.269 e. The van der Waals surface area contributed by atoms with Crippen LogP contribution < -0.4 is 10.6 Å². The lowest BCUT2D eigenvalue weighted by molar-refractivity contribution is -0.384. The third-order valence-corrected chi connectivity index (χ3v) is 4.54. The van der Waals surface area contributed by atoms with E-state index in [1.54, 1.807) is 30.9 Å². The number of non-ortho nitro benzene ring substituents is 1. The molecule has 2 rings (SSSR count). The number of aliphatic imine (C=N–C) groups is 1. The normalized spacial score (nSPS) is 11.2. The number of benzene rings is 2. The molecule has 6 nitrogen and oxygen atoms in total. The molecule has 2 aromatic carbocycles. The molecule has 0 spiro atoms. The van der Waals surface area contributed by atoms with Crippen LogP contribution in [0.2, 0.25) is 0 Å². The quantitative estimate of drug-likeness (QED) is 0.272. The predicted molar refractivity (Wildman–Crippen MR) is 103 cm³/mol. The average Bonchev–Trinajstić information content (AvgIpc) is 2.63. The van der Waals surface area contributed by atoms with E-state index in [2.05, 4.69) is 47.0 Å². The van der Waals surface area contributed by atoms with Gasteiger partial charge in [-0.1, -0.05) is 24.3 Å². The summed E-state index contributed by atoms with van der Waals surface area (Å²) < 4.78 is 0. The van der Waals surface area contributed by atoms with Crippen molar-refractivity contribution in [3.63, 3.8) is 0 Å². The van der Waals surface area contributed by atoms with Gasteiger partial charge in [-0.05, 0) is 35.9 Å². The fraction of sp³-hybridized carbons (Fsp3) is 0.278. The molecule has 0 amide bonds. The highest BCUT2D eigenvalue weighted by atomic mass is 32.2. The number of rotatable bonds is 6. The third kappa shape index (κ3) is 5.49. The number of hydrogen-bond acceptors (Lipinski definition) is 4. The molecule has 0 bridgehead atoms. The van der Waals surface area contributed by atoms with Crippen LogP contribution in [0.5, 0.6) is 0 Å². The van der Waals surface area contributed by atoms with Crippen molar-refractivity contribution in [3.05, 3.63) is 69.3 Å². The predicted octanol–water partition coefficient (Wildman–Crippen LogP) is 3.49. The first-order valence-electron chi connectivity index (χ1n) is 7.85. The first-order valence-corrected chi connectivity index (χ1v) is 9.07. The minimum absolute atomic E-state index is 0.0928. The molecule has 0 aliphatic carbocycles. The summed E-state index contributed by atoms with van der Waals surface area (Å²) in [5.41, 5.74) is 3.51. The van der Waals surface area contributed by atoms with Crippen molar-refractivity contribution < 1.29 is 4.92 Å². The van der Waals surface area contributed by atoms with Crippen LogP contribution >= 0.6 is 11.8 Å². The molecule has 0 aliphatic heterocycles. The second-order valence-corrected chi connectivity index (χ2v) is 6.37. The topological polar surface area (TPSA) is 79.6 Å². The fourth-order valence-electron chi connectivity index (χ4n) is 2.32. The summed E-state index contributed by atoms with van der Waals surface area (Å²) in [6.07, 6.45) is 2.07. The van der Waals surface area contributed by atoms with E-state index < -0.39 is 4.92 Å². The van der Waals surface area contributed by atoms with Gasteiger partial charge < -0.3 is 10.6 Å². The van der Waals surface area contributed by atoms with Gasteiger partial charge >= 0.3 is 0 Å². The Labute approximate surface area is 151 Å². The minimum atomic E-state index is -0.400. The molecule has 2 N–H and O–H groups in total. The SMILES string of the molecule is CN=C(NCc1ccc([N+](=O)[O-])cc1)NCc1ccc(C)cc1SC. The van der Waals surface area contributed by atoms with Gasteiger partial charge in [0.25, 0.3) is 5.69 Å². The van der Waals surface area contributed by atoms with E-state index in [1.807, 2.05) is 0 Å². The molecular weight excluding hydrogens is 336 g/mol. The van der Waals surface area contributed by atoms with E-state index in [0.717, 1.165) is 5.56 Å². The number of hydrogen-bond donors (Lipinski definition) is 2. The van der Waals surface area contributed by atoms with E-state index in [0.29, 0.717) is 19.0 Å².